The number of hydrogen-bond donors (Lipinski definition) is 0. The molecule has 10 aromatic rings. The number of fused-ring (bicyclic) bond motifs is 6. The van der Waals surface area contributed by atoms with Gasteiger partial charge < -0.3 is 14.0 Å². The number of nitrogens with zero attached hydrogens (tertiary/aromatic N) is 3. The van der Waals surface area contributed by atoms with E-state index in [2.05, 4.69) is 216 Å². The predicted octanol–water partition coefficient (Wildman–Crippen LogP) is 13.6. The van der Waals surface area contributed by atoms with Crippen LogP contribution in [0.3, 0.4) is 0 Å². The van der Waals surface area contributed by atoms with E-state index in [-0.39, 0.29) is 0 Å². The van der Waals surface area contributed by atoms with E-state index in [1.165, 1.54) is 65.9 Å². The molecular weight excluding hydrogens is 643 g/mol. The number of hydrogen-bond acceptors (Lipinski definition) is 1. The Morgan fingerprint density at radius 3 is 1.30 bits per heavy atom. The van der Waals surface area contributed by atoms with E-state index in [4.69, 9.17) is 0 Å². The van der Waals surface area contributed by atoms with Crippen molar-refractivity contribution in [3.05, 3.63) is 199 Å². The lowest BCUT2D eigenvalue weighted by Crippen LogP contribution is -2.10. The van der Waals surface area contributed by atoms with Gasteiger partial charge >= 0.3 is 0 Å². The van der Waals surface area contributed by atoms with Gasteiger partial charge in [0.1, 0.15) is 0 Å². The van der Waals surface area contributed by atoms with Crippen LogP contribution in [-0.4, -0.2) is 9.13 Å². The van der Waals surface area contributed by atoms with Gasteiger partial charge in [-0.3, -0.25) is 0 Å². The molecule has 0 aliphatic rings. The van der Waals surface area contributed by atoms with Crippen LogP contribution in [0, 0.1) is 13.8 Å². The summed E-state index contributed by atoms with van der Waals surface area (Å²) in [4.78, 5) is 2.34. The number of benzene rings is 8. The zero-order valence-corrected chi connectivity index (χ0v) is 29.7. The molecule has 0 saturated carbocycles. The third-order valence-electron chi connectivity index (χ3n) is 10.6. The second-order valence-electron chi connectivity index (χ2n) is 14.0. The summed E-state index contributed by atoms with van der Waals surface area (Å²) in [6.45, 7) is 4.30. The fourth-order valence-corrected chi connectivity index (χ4v) is 8.19. The van der Waals surface area contributed by atoms with Crippen molar-refractivity contribution in [2.24, 2.45) is 0 Å². The molecule has 8 aromatic carbocycles. The summed E-state index contributed by atoms with van der Waals surface area (Å²) >= 11 is 0. The lowest BCUT2D eigenvalue weighted by atomic mass is 10.0. The van der Waals surface area contributed by atoms with E-state index in [0.717, 1.165) is 28.4 Å². The van der Waals surface area contributed by atoms with Crippen molar-refractivity contribution in [1.82, 2.24) is 9.13 Å². The van der Waals surface area contributed by atoms with Gasteiger partial charge in [0, 0.05) is 50.0 Å². The van der Waals surface area contributed by atoms with Crippen molar-refractivity contribution in [3.63, 3.8) is 0 Å². The average molecular weight is 680 g/mol. The Balaban J connectivity index is 1.07. The Bertz CT molecular complexity index is 2880. The van der Waals surface area contributed by atoms with Gasteiger partial charge in [-0.1, -0.05) is 103 Å². The molecule has 0 spiro atoms. The van der Waals surface area contributed by atoms with Gasteiger partial charge in [0.15, 0.2) is 0 Å². The highest BCUT2D eigenvalue weighted by molar-refractivity contribution is 6.11. The van der Waals surface area contributed by atoms with E-state index < -0.39 is 0 Å². The Kier molecular flexibility index (Phi) is 7.26. The maximum atomic E-state index is 2.41. The summed E-state index contributed by atoms with van der Waals surface area (Å²) in [7, 11) is 0. The number of anilines is 3. The van der Waals surface area contributed by atoms with Crippen molar-refractivity contribution in [2.75, 3.05) is 4.90 Å². The highest BCUT2D eigenvalue weighted by Crippen LogP contribution is 2.39. The quantitative estimate of drug-likeness (QED) is 0.170. The molecule has 10 rings (SSSR count). The Labute approximate surface area is 309 Å². The van der Waals surface area contributed by atoms with Crippen molar-refractivity contribution < 1.29 is 0 Å². The topological polar surface area (TPSA) is 13.1 Å². The molecule has 252 valence electrons. The monoisotopic (exact) mass is 679 g/mol. The SMILES string of the molecule is Cc1cccc(N(c2ccc(-c3ccc4c(c3)c3ccccc3n4-c3cccc(-n4c5ccccc5c5ccccc54)c3)cc2)c2cccc(C)c2)c1. The van der Waals surface area contributed by atoms with E-state index in [1.807, 2.05) is 0 Å². The maximum absolute atomic E-state index is 2.41. The summed E-state index contributed by atoms with van der Waals surface area (Å²) in [5.41, 5.74) is 15.4. The van der Waals surface area contributed by atoms with Crippen LogP contribution >= 0.6 is 0 Å². The minimum absolute atomic E-state index is 1.13. The van der Waals surface area contributed by atoms with Gasteiger partial charge in [-0.25, -0.2) is 0 Å². The molecule has 0 saturated heterocycles. The lowest BCUT2D eigenvalue weighted by Gasteiger charge is -2.26. The van der Waals surface area contributed by atoms with Crippen LogP contribution in [0.15, 0.2) is 188 Å². The molecule has 53 heavy (non-hydrogen) atoms. The average Bonchev–Trinajstić information content (AvgIpc) is 3.71. The smallest absolute Gasteiger partial charge is 0.0541 e. The molecule has 2 aromatic heterocycles. The third-order valence-corrected chi connectivity index (χ3v) is 10.6. The first-order chi connectivity index (χ1) is 26.1. The standard InChI is InChI=1S/C50H37N3/c1-34-12-9-14-39(30-34)51(40-15-10-13-35(2)31-40)38-27-24-36(25-28-38)37-26-29-50-46(32-37)45-20-5-8-23-49(45)53(50)42-17-11-16-41(33-42)52-47-21-6-3-18-43(47)44-19-4-7-22-48(44)52/h3-33H,1-2H3. The van der Waals surface area contributed by atoms with Crippen LogP contribution in [-0.2, 0) is 0 Å². The van der Waals surface area contributed by atoms with Crippen LogP contribution in [0.1, 0.15) is 11.1 Å². The molecular formula is C50H37N3. The van der Waals surface area contributed by atoms with Crippen LogP contribution < -0.4 is 4.90 Å². The highest BCUT2D eigenvalue weighted by atomic mass is 15.1. The van der Waals surface area contributed by atoms with Crippen LogP contribution in [0.2, 0.25) is 0 Å². The first-order valence-electron chi connectivity index (χ1n) is 18.3. The summed E-state index contributed by atoms with van der Waals surface area (Å²) in [5.74, 6) is 0. The van der Waals surface area contributed by atoms with Gasteiger partial charge in [-0.15, -0.1) is 0 Å². The zero-order valence-electron chi connectivity index (χ0n) is 29.7. The largest absolute Gasteiger partial charge is 0.310 e. The summed E-state index contributed by atoms with van der Waals surface area (Å²) in [5, 5.41) is 5.02. The number of aromatic nitrogens is 2. The van der Waals surface area contributed by atoms with E-state index >= 15 is 0 Å². The Morgan fingerprint density at radius 1 is 0.321 bits per heavy atom. The molecule has 0 radical (unpaired) electrons. The third kappa shape index (κ3) is 5.20. The minimum atomic E-state index is 1.13. The van der Waals surface area contributed by atoms with E-state index in [1.54, 1.807) is 0 Å². The van der Waals surface area contributed by atoms with E-state index in [9.17, 15) is 0 Å². The van der Waals surface area contributed by atoms with Crippen molar-refractivity contribution in [3.8, 4) is 22.5 Å². The highest BCUT2D eigenvalue weighted by Gasteiger charge is 2.17. The lowest BCUT2D eigenvalue weighted by molar-refractivity contribution is 1.13. The number of rotatable bonds is 6. The van der Waals surface area contributed by atoms with E-state index in [0.29, 0.717) is 0 Å². The molecule has 0 bridgehead atoms. The van der Waals surface area contributed by atoms with Crippen molar-refractivity contribution in [2.45, 2.75) is 13.8 Å². The molecule has 3 heteroatoms. The molecule has 0 atom stereocenters. The molecule has 0 amide bonds. The van der Waals surface area contributed by atoms with Crippen molar-refractivity contribution >= 4 is 60.7 Å². The van der Waals surface area contributed by atoms with Gasteiger partial charge in [0.25, 0.3) is 0 Å². The van der Waals surface area contributed by atoms with Gasteiger partial charge in [-0.2, -0.15) is 0 Å². The minimum Gasteiger partial charge on any atom is -0.310 e. The Hall–Kier alpha value is -6.84. The maximum Gasteiger partial charge on any atom is 0.0541 e. The first-order valence-corrected chi connectivity index (χ1v) is 18.3. The summed E-state index contributed by atoms with van der Waals surface area (Å²) < 4.78 is 4.80. The second-order valence-corrected chi connectivity index (χ2v) is 14.0. The normalized spacial score (nSPS) is 11.6. The zero-order chi connectivity index (χ0) is 35.5. The number of aryl methyl sites for hydroxylation is 2. The van der Waals surface area contributed by atoms with Crippen LogP contribution in [0.25, 0.3) is 66.1 Å². The molecule has 3 nitrogen and oxygen atoms in total. The molecule has 0 unspecified atom stereocenters. The van der Waals surface area contributed by atoms with Gasteiger partial charge in [0.05, 0.1) is 22.1 Å². The summed E-state index contributed by atoms with van der Waals surface area (Å²) in [6.07, 6.45) is 0. The van der Waals surface area contributed by atoms with Crippen LogP contribution in [0.4, 0.5) is 17.1 Å². The molecule has 2 heterocycles. The molecule has 0 aliphatic heterocycles. The van der Waals surface area contributed by atoms with Gasteiger partial charge in [-0.05, 0) is 121 Å². The molecule has 0 N–H and O–H groups in total. The molecule has 0 aliphatic carbocycles. The van der Waals surface area contributed by atoms with Gasteiger partial charge in [0.2, 0.25) is 0 Å². The number of para-hydroxylation sites is 3. The summed E-state index contributed by atoms with van der Waals surface area (Å²) in [6, 6.07) is 68.5. The van der Waals surface area contributed by atoms with Crippen LogP contribution in [0.5, 0.6) is 0 Å². The predicted molar refractivity (Wildman–Crippen MR) is 225 cm³/mol. The van der Waals surface area contributed by atoms with Crippen molar-refractivity contribution in [1.29, 1.82) is 0 Å². The Morgan fingerprint density at radius 2 is 0.774 bits per heavy atom. The second kappa shape index (κ2) is 12.4. The fourth-order valence-electron chi connectivity index (χ4n) is 8.19. The first kappa shape index (κ1) is 30.9. The fraction of sp³-hybridized carbons (Fsp3) is 0.0400. The molecule has 0 fully saturated rings.